The first kappa shape index (κ1) is 15.0. The number of hydrogen-bond acceptors (Lipinski definition) is 3. The molecule has 0 bridgehead atoms. The Hall–Kier alpha value is -1.59. The van der Waals surface area contributed by atoms with Crippen LogP contribution in [0.1, 0.15) is 36.9 Å². The van der Waals surface area contributed by atoms with Gasteiger partial charge in [-0.15, -0.1) is 0 Å². The van der Waals surface area contributed by atoms with Gasteiger partial charge in [0.25, 0.3) is 0 Å². The molecule has 1 saturated heterocycles. The van der Waals surface area contributed by atoms with Crippen molar-refractivity contribution in [2.45, 2.75) is 38.3 Å². The number of aliphatic imine (C=N–C) groups is 1. The maximum atomic E-state index is 5.43. The first-order valence-electron chi connectivity index (χ1n) is 8.83. The van der Waals surface area contributed by atoms with Gasteiger partial charge in [-0.3, -0.25) is 9.89 Å². The van der Waals surface area contributed by atoms with Gasteiger partial charge >= 0.3 is 0 Å². The Morgan fingerprint density at radius 2 is 2.22 bits per heavy atom. The summed E-state index contributed by atoms with van der Waals surface area (Å²) < 4.78 is 5.43. The second-order valence-corrected chi connectivity index (χ2v) is 6.78. The Kier molecular flexibility index (Phi) is 4.23. The summed E-state index contributed by atoms with van der Waals surface area (Å²) in [6, 6.07) is 7.47. The highest BCUT2D eigenvalue weighted by molar-refractivity contribution is 5.97. The number of rotatable bonds is 3. The van der Waals surface area contributed by atoms with Gasteiger partial charge in [0.05, 0.1) is 25.8 Å². The molecule has 0 saturated carbocycles. The number of hydrogen-bond donors (Lipinski definition) is 2. The molecule has 1 aliphatic carbocycles. The molecule has 2 atom stereocenters. The molecule has 0 amide bonds. The Morgan fingerprint density at radius 3 is 3.09 bits per heavy atom. The van der Waals surface area contributed by atoms with Crippen LogP contribution >= 0.6 is 0 Å². The molecule has 124 valence electrons. The van der Waals surface area contributed by atoms with E-state index in [0.717, 1.165) is 38.8 Å². The Balaban J connectivity index is 1.46. The fraction of sp³-hybridized carbons (Fsp3) is 0.611. The molecule has 3 aliphatic rings. The number of nitrogens with zero attached hydrogens (tertiary/aromatic N) is 2. The number of benzene rings is 1. The van der Waals surface area contributed by atoms with Crippen molar-refractivity contribution in [3.63, 3.8) is 0 Å². The molecule has 1 fully saturated rings. The van der Waals surface area contributed by atoms with Gasteiger partial charge < -0.3 is 15.4 Å². The maximum absolute atomic E-state index is 5.43. The van der Waals surface area contributed by atoms with Crippen molar-refractivity contribution in [2.24, 2.45) is 4.99 Å². The van der Waals surface area contributed by atoms with Crippen molar-refractivity contribution >= 4 is 11.6 Å². The lowest BCUT2D eigenvalue weighted by Gasteiger charge is -2.35. The molecule has 1 aromatic rings. The third-order valence-corrected chi connectivity index (χ3v) is 5.23. The molecule has 0 radical (unpaired) electrons. The van der Waals surface area contributed by atoms with Crippen molar-refractivity contribution in [3.05, 3.63) is 29.3 Å². The first-order valence-corrected chi connectivity index (χ1v) is 8.83. The Morgan fingerprint density at radius 1 is 1.35 bits per heavy atom. The number of nitrogens with one attached hydrogen (secondary N) is 2. The monoisotopic (exact) mass is 314 g/mol. The standard InChI is InChI=1S/C18H26N4O/c1-13(22-8-10-23-11-9-22)12-19-18-20-15-6-2-4-14-5-3-7-16(21-18)17(14)15/h2,4,6,13,16H,3,5,7-12H2,1H3,(H2,19,20,21). The number of ether oxygens (including phenoxy) is 1. The van der Waals surface area contributed by atoms with Gasteiger partial charge in [0.2, 0.25) is 0 Å². The summed E-state index contributed by atoms with van der Waals surface area (Å²) in [6.07, 6.45) is 3.65. The molecule has 5 nitrogen and oxygen atoms in total. The minimum Gasteiger partial charge on any atom is -0.379 e. The second kappa shape index (κ2) is 6.49. The summed E-state index contributed by atoms with van der Waals surface area (Å²) in [5.74, 6) is 0.932. The molecule has 5 heteroatoms. The van der Waals surface area contributed by atoms with E-state index in [1.807, 2.05) is 0 Å². The molecule has 2 unspecified atom stereocenters. The molecule has 0 aromatic heterocycles. The topological polar surface area (TPSA) is 48.9 Å². The van der Waals surface area contributed by atoms with Crippen LogP contribution < -0.4 is 10.6 Å². The average Bonchev–Trinajstić information content (AvgIpc) is 2.61. The van der Waals surface area contributed by atoms with Crippen LogP contribution in [0.25, 0.3) is 0 Å². The van der Waals surface area contributed by atoms with Gasteiger partial charge in [0.1, 0.15) is 0 Å². The van der Waals surface area contributed by atoms with Gasteiger partial charge in [0, 0.05) is 30.4 Å². The molecule has 2 heterocycles. The van der Waals surface area contributed by atoms with Crippen LogP contribution in [0.4, 0.5) is 5.69 Å². The zero-order chi connectivity index (χ0) is 15.6. The van der Waals surface area contributed by atoms with Crippen LogP contribution in [0, 0.1) is 0 Å². The molecule has 1 aromatic carbocycles. The fourth-order valence-corrected chi connectivity index (χ4v) is 3.91. The van der Waals surface area contributed by atoms with Gasteiger partial charge in [-0.1, -0.05) is 12.1 Å². The third kappa shape index (κ3) is 3.08. The van der Waals surface area contributed by atoms with Crippen molar-refractivity contribution in [1.29, 1.82) is 0 Å². The number of anilines is 1. The van der Waals surface area contributed by atoms with E-state index in [1.165, 1.54) is 36.1 Å². The lowest BCUT2D eigenvalue weighted by molar-refractivity contribution is 0.0220. The predicted molar refractivity (Wildman–Crippen MR) is 93.0 cm³/mol. The van der Waals surface area contributed by atoms with E-state index in [1.54, 1.807) is 0 Å². The van der Waals surface area contributed by atoms with E-state index < -0.39 is 0 Å². The van der Waals surface area contributed by atoms with E-state index in [2.05, 4.69) is 40.7 Å². The van der Waals surface area contributed by atoms with E-state index in [-0.39, 0.29) is 0 Å². The second-order valence-electron chi connectivity index (χ2n) is 6.78. The smallest absolute Gasteiger partial charge is 0.196 e. The zero-order valence-electron chi connectivity index (χ0n) is 13.8. The minimum absolute atomic E-state index is 0.425. The van der Waals surface area contributed by atoms with Gasteiger partial charge in [0.15, 0.2) is 5.96 Å². The van der Waals surface area contributed by atoms with Gasteiger partial charge in [-0.05, 0) is 37.8 Å². The normalized spacial score (nSPS) is 27.0. The molecule has 2 aliphatic heterocycles. The fourth-order valence-electron chi connectivity index (χ4n) is 3.91. The minimum atomic E-state index is 0.425. The van der Waals surface area contributed by atoms with Crippen LogP contribution in [0.3, 0.4) is 0 Å². The van der Waals surface area contributed by atoms with Gasteiger partial charge in [-0.2, -0.15) is 0 Å². The van der Waals surface area contributed by atoms with Crippen molar-refractivity contribution < 1.29 is 4.74 Å². The highest BCUT2D eigenvalue weighted by Crippen LogP contribution is 2.37. The van der Waals surface area contributed by atoms with Gasteiger partial charge in [-0.25, -0.2) is 0 Å². The third-order valence-electron chi connectivity index (χ3n) is 5.23. The quantitative estimate of drug-likeness (QED) is 0.897. The first-order chi connectivity index (χ1) is 11.3. The van der Waals surface area contributed by atoms with Crippen molar-refractivity contribution in [1.82, 2.24) is 10.2 Å². The lowest BCUT2D eigenvalue weighted by Crippen LogP contribution is -2.45. The largest absolute Gasteiger partial charge is 0.379 e. The maximum Gasteiger partial charge on any atom is 0.196 e. The van der Waals surface area contributed by atoms with Crippen LogP contribution in [0.15, 0.2) is 23.2 Å². The molecule has 23 heavy (non-hydrogen) atoms. The SMILES string of the molecule is CC(CN=C1Nc2cccc3c2C(CCC3)N1)N1CCOCC1. The summed E-state index contributed by atoms with van der Waals surface area (Å²) in [7, 11) is 0. The number of aryl methyl sites for hydroxylation is 1. The summed E-state index contributed by atoms with van der Waals surface area (Å²) in [4.78, 5) is 7.28. The number of morpholine rings is 1. The van der Waals surface area contributed by atoms with E-state index in [9.17, 15) is 0 Å². The zero-order valence-corrected chi connectivity index (χ0v) is 13.8. The van der Waals surface area contributed by atoms with E-state index in [0.29, 0.717) is 12.1 Å². The van der Waals surface area contributed by atoms with E-state index >= 15 is 0 Å². The van der Waals surface area contributed by atoms with Crippen molar-refractivity contribution in [3.8, 4) is 0 Å². The summed E-state index contributed by atoms with van der Waals surface area (Å²) in [6.45, 7) is 6.79. The highest BCUT2D eigenvalue weighted by Gasteiger charge is 2.28. The predicted octanol–water partition coefficient (Wildman–Crippen LogP) is 2.16. The van der Waals surface area contributed by atoms with Crippen LogP contribution in [0.5, 0.6) is 0 Å². The van der Waals surface area contributed by atoms with Crippen LogP contribution in [0.2, 0.25) is 0 Å². The van der Waals surface area contributed by atoms with Crippen LogP contribution in [-0.4, -0.2) is 49.7 Å². The molecular weight excluding hydrogens is 288 g/mol. The Labute approximate surface area is 138 Å². The molecule has 2 N–H and O–H groups in total. The molecule has 0 spiro atoms. The van der Waals surface area contributed by atoms with E-state index in [4.69, 9.17) is 9.73 Å². The molecule has 4 rings (SSSR count). The molecular formula is C18H26N4O. The lowest BCUT2D eigenvalue weighted by atomic mass is 9.85. The summed E-state index contributed by atoms with van der Waals surface area (Å²) >= 11 is 0. The van der Waals surface area contributed by atoms with Crippen LogP contribution in [-0.2, 0) is 11.2 Å². The average molecular weight is 314 g/mol. The van der Waals surface area contributed by atoms with Crippen molar-refractivity contribution in [2.75, 3.05) is 38.2 Å². The Bertz CT molecular complexity index is 595. The highest BCUT2D eigenvalue weighted by atomic mass is 16.5. The number of guanidine groups is 1. The summed E-state index contributed by atoms with van der Waals surface area (Å²) in [5, 5.41) is 7.10. The summed E-state index contributed by atoms with van der Waals surface area (Å²) in [5.41, 5.74) is 4.18.